The SMILES string of the molecule is NC=C(C=NCCO)c1ccc(N)c(NCc2ccc3nccn3c2)n1. The average Bonchev–Trinajstić information content (AvgIpc) is 3.13. The molecule has 6 N–H and O–H groups in total. The fourth-order valence-corrected chi connectivity index (χ4v) is 2.44. The first-order valence-electron chi connectivity index (χ1n) is 8.16. The number of hydrogen-bond acceptors (Lipinski definition) is 7. The number of imidazole rings is 1. The van der Waals surface area contributed by atoms with Crippen LogP contribution in [0.5, 0.6) is 0 Å². The molecule has 3 rings (SSSR count). The summed E-state index contributed by atoms with van der Waals surface area (Å²) in [4.78, 5) is 12.8. The number of aliphatic hydroxyl groups is 1. The monoisotopic (exact) mass is 351 g/mol. The van der Waals surface area contributed by atoms with E-state index in [1.807, 2.05) is 28.9 Å². The number of pyridine rings is 2. The Morgan fingerprint density at radius 3 is 3.00 bits per heavy atom. The van der Waals surface area contributed by atoms with Crippen LogP contribution < -0.4 is 16.8 Å². The van der Waals surface area contributed by atoms with Gasteiger partial charge in [0.2, 0.25) is 0 Å². The minimum atomic E-state index is -0.0163. The molecule has 8 heteroatoms. The summed E-state index contributed by atoms with van der Waals surface area (Å²) in [5.41, 5.74) is 15.5. The second kappa shape index (κ2) is 8.13. The number of aliphatic hydroxyl groups excluding tert-OH is 1. The van der Waals surface area contributed by atoms with Crippen molar-refractivity contribution in [3.8, 4) is 0 Å². The van der Waals surface area contributed by atoms with Gasteiger partial charge in [-0.1, -0.05) is 6.07 Å². The molecule has 0 radical (unpaired) electrons. The summed E-state index contributed by atoms with van der Waals surface area (Å²) in [6.07, 6.45) is 8.68. The Bertz CT molecular complexity index is 946. The minimum absolute atomic E-state index is 0.0163. The molecule has 3 aromatic heterocycles. The highest BCUT2D eigenvalue weighted by Gasteiger charge is 2.06. The molecule has 0 aliphatic rings. The van der Waals surface area contributed by atoms with Crippen LogP contribution in [0.2, 0.25) is 0 Å². The van der Waals surface area contributed by atoms with E-state index < -0.39 is 0 Å². The lowest BCUT2D eigenvalue weighted by Gasteiger charge is -2.11. The fourth-order valence-electron chi connectivity index (χ4n) is 2.44. The minimum Gasteiger partial charge on any atom is -0.404 e. The number of nitrogens with two attached hydrogens (primary N) is 2. The number of nitrogen functional groups attached to an aromatic ring is 1. The van der Waals surface area contributed by atoms with Gasteiger partial charge in [0.15, 0.2) is 0 Å². The van der Waals surface area contributed by atoms with Crippen LogP contribution in [0.15, 0.2) is 54.0 Å². The quantitative estimate of drug-likeness (QED) is 0.475. The van der Waals surface area contributed by atoms with Crippen LogP contribution in [0.3, 0.4) is 0 Å². The van der Waals surface area contributed by atoms with Crippen molar-refractivity contribution in [3.05, 3.63) is 60.3 Å². The molecule has 134 valence electrons. The van der Waals surface area contributed by atoms with Crippen molar-refractivity contribution in [1.82, 2.24) is 14.4 Å². The Hall–Kier alpha value is -3.39. The first-order chi connectivity index (χ1) is 12.7. The highest BCUT2D eigenvalue weighted by molar-refractivity contribution is 6.09. The van der Waals surface area contributed by atoms with Gasteiger partial charge in [0.25, 0.3) is 0 Å². The molecule has 0 saturated carbocycles. The highest BCUT2D eigenvalue weighted by Crippen LogP contribution is 2.20. The van der Waals surface area contributed by atoms with Crippen LogP contribution >= 0.6 is 0 Å². The van der Waals surface area contributed by atoms with Gasteiger partial charge in [-0.3, -0.25) is 4.99 Å². The highest BCUT2D eigenvalue weighted by atomic mass is 16.3. The molecule has 0 fully saturated rings. The number of allylic oxidation sites excluding steroid dienone is 1. The zero-order chi connectivity index (χ0) is 18.4. The Morgan fingerprint density at radius 2 is 2.19 bits per heavy atom. The predicted molar refractivity (Wildman–Crippen MR) is 104 cm³/mol. The molecule has 3 aromatic rings. The van der Waals surface area contributed by atoms with Crippen molar-refractivity contribution < 1.29 is 5.11 Å². The molecule has 0 bridgehead atoms. The van der Waals surface area contributed by atoms with Gasteiger partial charge < -0.3 is 26.3 Å². The Morgan fingerprint density at radius 1 is 1.31 bits per heavy atom. The van der Waals surface area contributed by atoms with Gasteiger partial charge in [-0.05, 0) is 23.8 Å². The summed E-state index contributed by atoms with van der Waals surface area (Å²) in [7, 11) is 0. The van der Waals surface area contributed by atoms with E-state index in [4.69, 9.17) is 16.6 Å². The maximum Gasteiger partial charge on any atom is 0.150 e. The first kappa shape index (κ1) is 17.4. The summed E-state index contributed by atoms with van der Waals surface area (Å²) in [5, 5.41) is 12.1. The number of fused-ring (bicyclic) bond motifs is 1. The molecule has 0 aliphatic heterocycles. The van der Waals surface area contributed by atoms with E-state index in [-0.39, 0.29) is 6.61 Å². The number of nitrogens with zero attached hydrogens (tertiary/aromatic N) is 4. The van der Waals surface area contributed by atoms with E-state index in [9.17, 15) is 0 Å². The van der Waals surface area contributed by atoms with Crippen molar-refractivity contribution >= 4 is 28.9 Å². The zero-order valence-electron chi connectivity index (χ0n) is 14.2. The van der Waals surface area contributed by atoms with Gasteiger partial charge in [0, 0.05) is 43.1 Å². The van der Waals surface area contributed by atoms with Crippen LogP contribution in [-0.2, 0) is 6.54 Å². The third-order valence-electron chi connectivity index (χ3n) is 3.77. The van der Waals surface area contributed by atoms with Crippen LogP contribution in [0.4, 0.5) is 11.5 Å². The van der Waals surface area contributed by atoms with Gasteiger partial charge in [-0.15, -0.1) is 0 Å². The number of nitrogens with one attached hydrogen (secondary N) is 1. The lowest BCUT2D eigenvalue weighted by atomic mass is 10.2. The largest absolute Gasteiger partial charge is 0.404 e. The molecule has 3 heterocycles. The number of aliphatic imine (C=N–C) groups is 1. The van der Waals surface area contributed by atoms with Crippen molar-refractivity contribution in [1.29, 1.82) is 0 Å². The summed E-state index contributed by atoms with van der Waals surface area (Å²) in [5.74, 6) is 0.572. The summed E-state index contributed by atoms with van der Waals surface area (Å²) in [6.45, 7) is 0.862. The van der Waals surface area contributed by atoms with Gasteiger partial charge in [0.1, 0.15) is 11.5 Å². The maximum absolute atomic E-state index is 8.82. The van der Waals surface area contributed by atoms with Gasteiger partial charge >= 0.3 is 0 Å². The number of rotatable bonds is 7. The van der Waals surface area contributed by atoms with E-state index in [1.54, 1.807) is 24.5 Å². The molecular weight excluding hydrogens is 330 g/mol. The molecule has 0 amide bonds. The summed E-state index contributed by atoms with van der Waals surface area (Å²) in [6, 6.07) is 7.51. The number of aromatic nitrogens is 3. The van der Waals surface area contributed by atoms with Crippen LogP contribution in [0, 0.1) is 0 Å². The molecular formula is C18H21N7O. The number of hydrogen-bond donors (Lipinski definition) is 4. The van der Waals surface area contributed by atoms with E-state index in [0.29, 0.717) is 35.9 Å². The standard InChI is InChI=1S/C18H21N7O/c19-9-14(11-21-6-8-26)16-3-2-15(20)18(24-16)23-10-13-1-4-17-22-5-7-25(17)12-13/h1-5,7,9,11-12,26H,6,8,10,19-20H2,(H,23,24). The normalized spacial score (nSPS) is 12.1. The van der Waals surface area contributed by atoms with Gasteiger partial charge in [-0.2, -0.15) is 0 Å². The molecule has 8 nitrogen and oxygen atoms in total. The molecule has 0 atom stereocenters. The smallest absolute Gasteiger partial charge is 0.150 e. The van der Waals surface area contributed by atoms with Crippen molar-refractivity contribution in [2.75, 3.05) is 24.2 Å². The van der Waals surface area contributed by atoms with Crippen molar-refractivity contribution in [3.63, 3.8) is 0 Å². The fraction of sp³-hybridized carbons (Fsp3) is 0.167. The van der Waals surface area contributed by atoms with E-state index in [0.717, 1.165) is 11.2 Å². The summed E-state index contributed by atoms with van der Waals surface area (Å²) < 4.78 is 1.96. The van der Waals surface area contributed by atoms with E-state index in [1.165, 1.54) is 6.20 Å². The lowest BCUT2D eigenvalue weighted by molar-refractivity contribution is 0.307. The Labute approximate surface area is 150 Å². The van der Waals surface area contributed by atoms with Crippen LogP contribution in [0.25, 0.3) is 11.2 Å². The second-order valence-electron chi connectivity index (χ2n) is 5.60. The topological polar surface area (TPSA) is 127 Å². The lowest BCUT2D eigenvalue weighted by Crippen LogP contribution is -2.07. The number of anilines is 2. The summed E-state index contributed by atoms with van der Waals surface area (Å²) >= 11 is 0. The van der Waals surface area contributed by atoms with Crippen LogP contribution in [0.1, 0.15) is 11.3 Å². The van der Waals surface area contributed by atoms with Gasteiger partial charge in [-0.25, -0.2) is 9.97 Å². The zero-order valence-corrected chi connectivity index (χ0v) is 14.2. The molecule has 0 spiro atoms. The molecule has 0 aliphatic carbocycles. The van der Waals surface area contributed by atoms with Crippen molar-refractivity contribution in [2.24, 2.45) is 10.7 Å². The average molecular weight is 351 g/mol. The van der Waals surface area contributed by atoms with Crippen LogP contribution in [-0.4, -0.2) is 38.8 Å². The Balaban J connectivity index is 1.76. The predicted octanol–water partition coefficient (Wildman–Crippen LogP) is 1.29. The molecule has 0 aromatic carbocycles. The van der Waals surface area contributed by atoms with Crippen molar-refractivity contribution in [2.45, 2.75) is 6.54 Å². The van der Waals surface area contributed by atoms with Gasteiger partial charge in [0.05, 0.1) is 24.5 Å². The third-order valence-corrected chi connectivity index (χ3v) is 3.77. The third kappa shape index (κ3) is 3.98. The molecule has 0 saturated heterocycles. The molecule has 0 unspecified atom stereocenters. The molecule has 26 heavy (non-hydrogen) atoms. The van der Waals surface area contributed by atoms with E-state index >= 15 is 0 Å². The maximum atomic E-state index is 8.82. The van der Waals surface area contributed by atoms with E-state index in [2.05, 4.69) is 20.3 Å². The second-order valence-corrected chi connectivity index (χ2v) is 5.60. The first-order valence-corrected chi connectivity index (χ1v) is 8.16. The Kier molecular flexibility index (Phi) is 5.45.